The maximum Gasteiger partial charge on any atom is 0.337 e. The number of halogens is 1. The van der Waals surface area contributed by atoms with Gasteiger partial charge < -0.3 is 10.4 Å². The number of hydrogen-bond donors (Lipinski definition) is 2. The fourth-order valence-electron chi connectivity index (χ4n) is 2.01. The summed E-state index contributed by atoms with van der Waals surface area (Å²) in [6, 6.07) is 8.63. The van der Waals surface area contributed by atoms with Gasteiger partial charge in [-0.3, -0.25) is 4.79 Å². The summed E-state index contributed by atoms with van der Waals surface area (Å²) in [5, 5.41) is 11.7. The number of carbonyl (C=O) groups is 2. The molecule has 0 unspecified atom stereocenters. The summed E-state index contributed by atoms with van der Waals surface area (Å²) in [6.07, 6.45) is 0. The largest absolute Gasteiger partial charge is 0.478 e. The molecule has 5 heteroatoms. The molecule has 0 fully saturated rings. The lowest BCUT2D eigenvalue weighted by Crippen LogP contribution is -2.15. The van der Waals surface area contributed by atoms with Crippen molar-refractivity contribution in [2.45, 2.75) is 13.8 Å². The van der Waals surface area contributed by atoms with Crippen molar-refractivity contribution in [3.8, 4) is 0 Å². The highest BCUT2D eigenvalue weighted by molar-refractivity contribution is 6.07. The third kappa shape index (κ3) is 3.45. The van der Waals surface area contributed by atoms with Gasteiger partial charge in [0.15, 0.2) is 0 Å². The lowest BCUT2D eigenvalue weighted by molar-refractivity contribution is 0.0698. The number of carbonyl (C=O) groups excluding carboxylic acids is 1. The molecule has 21 heavy (non-hydrogen) atoms. The number of rotatable bonds is 3. The number of hydrogen-bond acceptors (Lipinski definition) is 2. The summed E-state index contributed by atoms with van der Waals surface area (Å²) in [7, 11) is 0. The van der Waals surface area contributed by atoms with Crippen molar-refractivity contribution in [3.05, 3.63) is 64.5 Å². The SMILES string of the molecule is Cc1cc(F)cc(C(=O)Nc2ccc(C)cc2C(=O)O)c1. The van der Waals surface area contributed by atoms with E-state index in [0.29, 0.717) is 5.56 Å². The van der Waals surface area contributed by atoms with Crippen molar-refractivity contribution in [3.63, 3.8) is 0 Å². The molecule has 0 saturated carbocycles. The smallest absolute Gasteiger partial charge is 0.337 e. The maximum atomic E-state index is 13.3. The van der Waals surface area contributed by atoms with Crippen LogP contribution in [0.15, 0.2) is 36.4 Å². The molecule has 0 radical (unpaired) electrons. The van der Waals surface area contributed by atoms with Crippen LogP contribution >= 0.6 is 0 Å². The molecule has 0 saturated heterocycles. The van der Waals surface area contributed by atoms with Gasteiger partial charge in [-0.15, -0.1) is 0 Å². The van der Waals surface area contributed by atoms with Crippen molar-refractivity contribution in [1.82, 2.24) is 0 Å². The van der Waals surface area contributed by atoms with Crippen LogP contribution in [-0.4, -0.2) is 17.0 Å². The molecule has 4 nitrogen and oxygen atoms in total. The summed E-state index contributed by atoms with van der Waals surface area (Å²) >= 11 is 0. The second-order valence-electron chi connectivity index (χ2n) is 4.83. The number of anilines is 1. The number of carboxylic acids is 1. The predicted molar refractivity (Wildman–Crippen MR) is 77.2 cm³/mol. The Hall–Kier alpha value is -2.69. The molecule has 0 aliphatic heterocycles. The first-order valence-corrected chi connectivity index (χ1v) is 6.29. The van der Waals surface area contributed by atoms with Gasteiger partial charge in [-0.05, 0) is 49.7 Å². The first-order chi connectivity index (χ1) is 9.86. The van der Waals surface area contributed by atoms with E-state index in [0.717, 1.165) is 11.6 Å². The first-order valence-electron chi connectivity index (χ1n) is 6.29. The first kappa shape index (κ1) is 14.7. The predicted octanol–water partition coefficient (Wildman–Crippen LogP) is 3.39. The van der Waals surface area contributed by atoms with Crippen LogP contribution in [0.25, 0.3) is 0 Å². The van der Waals surface area contributed by atoms with Crippen molar-refractivity contribution >= 4 is 17.6 Å². The molecule has 0 aliphatic carbocycles. The monoisotopic (exact) mass is 287 g/mol. The van der Waals surface area contributed by atoms with Crippen LogP contribution in [-0.2, 0) is 0 Å². The highest BCUT2D eigenvalue weighted by Gasteiger charge is 2.14. The minimum atomic E-state index is -1.13. The molecule has 0 aliphatic rings. The minimum absolute atomic E-state index is 0.00326. The van der Waals surface area contributed by atoms with E-state index >= 15 is 0 Å². The van der Waals surface area contributed by atoms with Crippen LogP contribution in [0.3, 0.4) is 0 Å². The zero-order valence-electron chi connectivity index (χ0n) is 11.6. The molecule has 2 aromatic rings. The van der Waals surface area contributed by atoms with E-state index < -0.39 is 17.7 Å². The Bertz CT molecular complexity index is 705. The number of aromatic carboxylic acids is 1. The number of benzene rings is 2. The van der Waals surface area contributed by atoms with Gasteiger partial charge in [0.1, 0.15) is 5.82 Å². The molecular weight excluding hydrogens is 273 g/mol. The molecular formula is C16H14FNO3. The number of carboxylic acid groups (broad SMARTS) is 1. The van der Waals surface area contributed by atoms with Gasteiger partial charge in [-0.25, -0.2) is 9.18 Å². The second-order valence-corrected chi connectivity index (χ2v) is 4.83. The van der Waals surface area contributed by atoms with Crippen LogP contribution < -0.4 is 5.32 Å². The lowest BCUT2D eigenvalue weighted by atomic mass is 10.1. The third-order valence-electron chi connectivity index (χ3n) is 2.96. The highest BCUT2D eigenvalue weighted by Crippen LogP contribution is 2.19. The van der Waals surface area contributed by atoms with E-state index in [-0.39, 0.29) is 16.8 Å². The van der Waals surface area contributed by atoms with Gasteiger partial charge in [-0.2, -0.15) is 0 Å². The Labute approximate surface area is 121 Å². The fourth-order valence-corrected chi connectivity index (χ4v) is 2.01. The van der Waals surface area contributed by atoms with Crippen LogP contribution in [0.5, 0.6) is 0 Å². The number of nitrogens with one attached hydrogen (secondary N) is 1. The normalized spacial score (nSPS) is 10.2. The number of amides is 1. The lowest BCUT2D eigenvalue weighted by Gasteiger charge is -2.10. The molecule has 2 N–H and O–H groups in total. The number of aryl methyl sites for hydroxylation is 2. The van der Waals surface area contributed by atoms with E-state index in [9.17, 15) is 14.0 Å². The maximum absolute atomic E-state index is 13.3. The second kappa shape index (κ2) is 5.75. The fraction of sp³-hybridized carbons (Fsp3) is 0.125. The Balaban J connectivity index is 2.33. The quantitative estimate of drug-likeness (QED) is 0.909. The van der Waals surface area contributed by atoms with Crippen LogP contribution in [0.2, 0.25) is 0 Å². The van der Waals surface area contributed by atoms with Gasteiger partial charge in [0, 0.05) is 5.56 Å². The van der Waals surface area contributed by atoms with Crippen LogP contribution in [0.1, 0.15) is 31.8 Å². The van der Waals surface area contributed by atoms with Crippen molar-refractivity contribution in [1.29, 1.82) is 0 Å². The van der Waals surface area contributed by atoms with E-state index in [1.54, 1.807) is 19.9 Å². The molecule has 0 bridgehead atoms. The third-order valence-corrected chi connectivity index (χ3v) is 2.96. The Morgan fingerprint density at radius 3 is 2.38 bits per heavy atom. The average molecular weight is 287 g/mol. The summed E-state index contributed by atoms with van der Waals surface area (Å²) in [4.78, 5) is 23.3. The molecule has 1 amide bonds. The zero-order valence-corrected chi connectivity index (χ0v) is 11.6. The molecule has 2 aromatic carbocycles. The molecule has 2 rings (SSSR count). The standard InChI is InChI=1S/C16H14FNO3/c1-9-3-4-14(13(7-9)16(20)21)18-15(19)11-5-10(2)6-12(17)8-11/h3-8H,1-2H3,(H,18,19)(H,20,21). The van der Waals surface area contributed by atoms with Crippen LogP contribution in [0, 0.1) is 19.7 Å². The molecule has 0 atom stereocenters. The summed E-state index contributed by atoms with van der Waals surface area (Å²) in [5.41, 5.74) is 1.70. The van der Waals surface area contributed by atoms with E-state index in [1.165, 1.54) is 24.3 Å². The van der Waals surface area contributed by atoms with E-state index in [1.807, 2.05) is 0 Å². The Morgan fingerprint density at radius 2 is 1.76 bits per heavy atom. The van der Waals surface area contributed by atoms with Crippen molar-refractivity contribution < 1.29 is 19.1 Å². The summed E-state index contributed by atoms with van der Waals surface area (Å²) in [5.74, 6) is -2.20. The van der Waals surface area contributed by atoms with Gasteiger partial charge in [0.25, 0.3) is 5.91 Å². The van der Waals surface area contributed by atoms with Crippen LogP contribution in [0.4, 0.5) is 10.1 Å². The van der Waals surface area contributed by atoms with Gasteiger partial charge in [0.05, 0.1) is 11.3 Å². The highest BCUT2D eigenvalue weighted by atomic mass is 19.1. The van der Waals surface area contributed by atoms with E-state index in [2.05, 4.69) is 5.32 Å². The molecule has 0 spiro atoms. The van der Waals surface area contributed by atoms with E-state index in [4.69, 9.17) is 5.11 Å². The summed E-state index contributed by atoms with van der Waals surface area (Å²) in [6.45, 7) is 3.43. The minimum Gasteiger partial charge on any atom is -0.478 e. The topological polar surface area (TPSA) is 66.4 Å². The van der Waals surface area contributed by atoms with Crippen molar-refractivity contribution in [2.24, 2.45) is 0 Å². The van der Waals surface area contributed by atoms with Gasteiger partial charge in [-0.1, -0.05) is 11.6 Å². The molecule has 108 valence electrons. The Morgan fingerprint density at radius 1 is 1.05 bits per heavy atom. The average Bonchev–Trinajstić information content (AvgIpc) is 2.39. The van der Waals surface area contributed by atoms with Crippen molar-refractivity contribution in [2.75, 3.05) is 5.32 Å². The van der Waals surface area contributed by atoms with Gasteiger partial charge in [0.2, 0.25) is 0 Å². The molecule has 0 heterocycles. The van der Waals surface area contributed by atoms with Gasteiger partial charge >= 0.3 is 5.97 Å². The zero-order chi connectivity index (χ0) is 15.6. The Kier molecular flexibility index (Phi) is 4.03. The molecule has 0 aromatic heterocycles. The summed E-state index contributed by atoms with van der Waals surface area (Å²) < 4.78 is 13.3.